The number of hydrogen-bond acceptors (Lipinski definition) is 5. The van der Waals surface area contributed by atoms with Crippen LogP contribution in [-0.4, -0.2) is 45.9 Å². The lowest BCUT2D eigenvalue weighted by atomic mass is 9.99. The number of piperidine rings is 1. The van der Waals surface area contributed by atoms with Crippen molar-refractivity contribution in [2.75, 3.05) is 27.3 Å². The molecule has 29 heavy (non-hydrogen) atoms. The predicted octanol–water partition coefficient (Wildman–Crippen LogP) is 2.42. The quantitative estimate of drug-likeness (QED) is 0.747. The van der Waals surface area contributed by atoms with Crippen LogP contribution in [-0.2, 0) is 21.4 Å². The van der Waals surface area contributed by atoms with Crippen molar-refractivity contribution in [1.29, 1.82) is 0 Å². The minimum absolute atomic E-state index is 0.124. The summed E-state index contributed by atoms with van der Waals surface area (Å²) in [5.74, 6) is 0.314. The minimum Gasteiger partial charge on any atom is -0.493 e. The van der Waals surface area contributed by atoms with Crippen LogP contribution in [0, 0.1) is 5.92 Å². The third kappa shape index (κ3) is 4.89. The number of sulfonamides is 1. The van der Waals surface area contributed by atoms with Crippen molar-refractivity contribution >= 4 is 15.9 Å². The summed E-state index contributed by atoms with van der Waals surface area (Å²) >= 11 is 0. The predicted molar refractivity (Wildman–Crippen MR) is 109 cm³/mol. The molecule has 1 aliphatic rings. The maximum absolute atomic E-state index is 13.1. The molecule has 1 atom stereocenters. The van der Waals surface area contributed by atoms with Crippen molar-refractivity contribution in [3.8, 4) is 11.5 Å². The highest BCUT2D eigenvalue weighted by molar-refractivity contribution is 7.89. The summed E-state index contributed by atoms with van der Waals surface area (Å²) in [6.07, 6.45) is 1.30. The Balaban J connectivity index is 1.70. The monoisotopic (exact) mass is 418 g/mol. The molecule has 0 bridgehead atoms. The number of carbonyl (C=O) groups excluding carboxylic acids is 1. The molecule has 0 aromatic heterocycles. The van der Waals surface area contributed by atoms with E-state index in [1.54, 1.807) is 6.07 Å². The normalized spacial score (nSPS) is 17.5. The van der Waals surface area contributed by atoms with Crippen LogP contribution in [0.25, 0.3) is 0 Å². The van der Waals surface area contributed by atoms with Crippen LogP contribution in [0.2, 0.25) is 0 Å². The van der Waals surface area contributed by atoms with E-state index in [1.807, 2.05) is 30.3 Å². The molecule has 0 unspecified atom stereocenters. The van der Waals surface area contributed by atoms with Crippen molar-refractivity contribution in [1.82, 2.24) is 9.62 Å². The standard InChI is InChI=1S/C21H26N2O5S/c1-27-19-11-10-18(13-20(19)28-2)29(25,26)23-12-6-9-17(15-23)21(24)22-14-16-7-4-3-5-8-16/h3-5,7-8,10-11,13,17H,6,9,12,14-15H2,1-2H3,(H,22,24)/t17-/m1/s1. The van der Waals surface area contributed by atoms with Gasteiger partial charge in [0.2, 0.25) is 15.9 Å². The van der Waals surface area contributed by atoms with Gasteiger partial charge in [0.15, 0.2) is 11.5 Å². The molecule has 1 heterocycles. The zero-order valence-corrected chi connectivity index (χ0v) is 17.4. The maximum atomic E-state index is 13.1. The fourth-order valence-corrected chi connectivity index (χ4v) is 4.97. The molecular formula is C21H26N2O5S. The molecule has 0 radical (unpaired) electrons. The Morgan fingerprint density at radius 1 is 1.10 bits per heavy atom. The van der Waals surface area contributed by atoms with Gasteiger partial charge < -0.3 is 14.8 Å². The van der Waals surface area contributed by atoms with Gasteiger partial charge in [-0.15, -0.1) is 0 Å². The van der Waals surface area contributed by atoms with Crippen LogP contribution < -0.4 is 14.8 Å². The van der Waals surface area contributed by atoms with E-state index in [4.69, 9.17) is 9.47 Å². The smallest absolute Gasteiger partial charge is 0.243 e. The molecule has 1 saturated heterocycles. The molecule has 0 saturated carbocycles. The average Bonchev–Trinajstić information content (AvgIpc) is 2.77. The number of hydrogen-bond donors (Lipinski definition) is 1. The number of rotatable bonds is 7. The van der Waals surface area contributed by atoms with Crippen LogP contribution in [0.3, 0.4) is 0 Å². The van der Waals surface area contributed by atoms with Gasteiger partial charge in [0, 0.05) is 25.7 Å². The van der Waals surface area contributed by atoms with Crippen molar-refractivity contribution in [3.63, 3.8) is 0 Å². The van der Waals surface area contributed by atoms with Gasteiger partial charge in [-0.1, -0.05) is 30.3 Å². The van der Waals surface area contributed by atoms with Gasteiger partial charge >= 0.3 is 0 Å². The van der Waals surface area contributed by atoms with E-state index in [0.717, 1.165) is 5.56 Å². The van der Waals surface area contributed by atoms with E-state index >= 15 is 0 Å². The van der Waals surface area contributed by atoms with Crippen LogP contribution >= 0.6 is 0 Å². The first-order valence-electron chi connectivity index (χ1n) is 9.49. The number of methoxy groups -OCH3 is 2. The Hall–Kier alpha value is -2.58. The molecule has 1 aliphatic heterocycles. The molecule has 2 aromatic carbocycles. The second kappa shape index (κ2) is 9.28. The Morgan fingerprint density at radius 2 is 1.83 bits per heavy atom. The summed E-state index contributed by atoms with van der Waals surface area (Å²) in [4.78, 5) is 12.7. The molecular weight excluding hydrogens is 392 g/mol. The number of carbonyl (C=O) groups is 1. The number of ether oxygens (including phenoxy) is 2. The van der Waals surface area contributed by atoms with Gasteiger partial charge in [0.05, 0.1) is 25.0 Å². The van der Waals surface area contributed by atoms with Gasteiger partial charge in [-0.2, -0.15) is 4.31 Å². The summed E-state index contributed by atoms with van der Waals surface area (Å²) in [7, 11) is -0.779. The Morgan fingerprint density at radius 3 is 2.52 bits per heavy atom. The first kappa shape index (κ1) is 21.1. The number of benzene rings is 2. The van der Waals surface area contributed by atoms with Crippen LogP contribution in [0.5, 0.6) is 11.5 Å². The maximum Gasteiger partial charge on any atom is 0.243 e. The number of nitrogens with zero attached hydrogens (tertiary/aromatic N) is 1. The van der Waals surface area contributed by atoms with Crippen molar-refractivity contribution < 1.29 is 22.7 Å². The van der Waals surface area contributed by atoms with E-state index in [1.165, 1.54) is 30.7 Å². The molecule has 2 aromatic rings. The van der Waals surface area contributed by atoms with Crippen LogP contribution in [0.15, 0.2) is 53.4 Å². The van der Waals surface area contributed by atoms with Crippen molar-refractivity contribution in [3.05, 3.63) is 54.1 Å². The molecule has 8 heteroatoms. The molecule has 0 aliphatic carbocycles. The van der Waals surface area contributed by atoms with Gasteiger partial charge in [-0.05, 0) is 30.5 Å². The first-order valence-corrected chi connectivity index (χ1v) is 10.9. The lowest BCUT2D eigenvalue weighted by Gasteiger charge is -2.31. The minimum atomic E-state index is -3.74. The zero-order chi connectivity index (χ0) is 20.9. The lowest BCUT2D eigenvalue weighted by molar-refractivity contribution is -0.126. The highest BCUT2D eigenvalue weighted by Crippen LogP contribution is 2.32. The molecule has 1 N–H and O–H groups in total. The number of amides is 1. The molecule has 1 amide bonds. The Kier molecular flexibility index (Phi) is 6.76. The Bertz CT molecular complexity index is 947. The summed E-state index contributed by atoms with van der Waals surface area (Å²) < 4.78 is 38.0. The summed E-state index contributed by atoms with van der Waals surface area (Å²) in [6, 6.07) is 14.1. The van der Waals surface area contributed by atoms with Gasteiger partial charge in [0.1, 0.15) is 0 Å². The highest BCUT2D eigenvalue weighted by atomic mass is 32.2. The zero-order valence-electron chi connectivity index (χ0n) is 16.6. The molecule has 7 nitrogen and oxygen atoms in total. The van der Waals surface area contributed by atoms with Gasteiger partial charge in [-0.3, -0.25) is 4.79 Å². The molecule has 0 spiro atoms. The van der Waals surface area contributed by atoms with E-state index in [0.29, 0.717) is 37.4 Å². The van der Waals surface area contributed by atoms with Gasteiger partial charge in [0.25, 0.3) is 0 Å². The third-order valence-corrected chi connectivity index (χ3v) is 6.92. The topological polar surface area (TPSA) is 84.9 Å². The first-order chi connectivity index (χ1) is 14.0. The SMILES string of the molecule is COc1ccc(S(=O)(=O)N2CCC[C@@H](C(=O)NCc3ccccc3)C2)cc1OC. The van der Waals surface area contributed by atoms with E-state index < -0.39 is 10.0 Å². The summed E-state index contributed by atoms with van der Waals surface area (Å²) in [6.45, 7) is 0.981. The molecule has 156 valence electrons. The summed E-state index contributed by atoms with van der Waals surface area (Å²) in [5, 5.41) is 2.92. The van der Waals surface area contributed by atoms with Crippen LogP contribution in [0.4, 0.5) is 0 Å². The largest absolute Gasteiger partial charge is 0.493 e. The highest BCUT2D eigenvalue weighted by Gasteiger charge is 2.33. The third-order valence-electron chi connectivity index (χ3n) is 5.06. The lowest BCUT2D eigenvalue weighted by Crippen LogP contribution is -2.45. The second-order valence-electron chi connectivity index (χ2n) is 6.92. The van der Waals surface area contributed by atoms with E-state index in [-0.39, 0.29) is 23.3 Å². The Labute approximate surface area is 171 Å². The fraction of sp³-hybridized carbons (Fsp3) is 0.381. The molecule has 3 rings (SSSR count). The number of nitrogens with one attached hydrogen (secondary N) is 1. The average molecular weight is 419 g/mol. The van der Waals surface area contributed by atoms with Crippen molar-refractivity contribution in [2.45, 2.75) is 24.3 Å². The van der Waals surface area contributed by atoms with Crippen LogP contribution in [0.1, 0.15) is 18.4 Å². The van der Waals surface area contributed by atoms with Crippen molar-refractivity contribution in [2.24, 2.45) is 5.92 Å². The fourth-order valence-electron chi connectivity index (χ4n) is 3.43. The molecule has 1 fully saturated rings. The van der Waals surface area contributed by atoms with E-state index in [9.17, 15) is 13.2 Å². The summed E-state index contributed by atoms with van der Waals surface area (Å²) in [5.41, 5.74) is 1.01. The van der Waals surface area contributed by atoms with Gasteiger partial charge in [-0.25, -0.2) is 8.42 Å². The second-order valence-corrected chi connectivity index (χ2v) is 8.86. The van der Waals surface area contributed by atoms with E-state index in [2.05, 4.69) is 5.32 Å².